The molecule has 3 heteroatoms. The van der Waals surface area contributed by atoms with Crippen molar-refractivity contribution in [3.63, 3.8) is 0 Å². The second-order valence-corrected chi connectivity index (χ2v) is 5.46. The van der Waals surface area contributed by atoms with E-state index in [-0.39, 0.29) is 12.2 Å². The average Bonchev–Trinajstić information content (AvgIpc) is 3.00. The smallest absolute Gasteiger partial charge is 0.194 e. The second kappa shape index (κ2) is 6.33. The highest BCUT2D eigenvalue weighted by Gasteiger charge is 2.14. The van der Waals surface area contributed by atoms with Crippen molar-refractivity contribution >= 4 is 5.78 Å². The third-order valence-corrected chi connectivity index (χ3v) is 3.77. The first-order chi connectivity index (χ1) is 11.2. The van der Waals surface area contributed by atoms with E-state index in [1.807, 2.05) is 72.3 Å². The SMILES string of the molecule is Cc1ccc(C(=O)c2cc(CC#N)n(-c3ccccc3)c2)cc1. The highest BCUT2D eigenvalue weighted by molar-refractivity contribution is 6.09. The molecule has 0 saturated heterocycles. The summed E-state index contributed by atoms with van der Waals surface area (Å²) in [5, 5.41) is 9.04. The fourth-order valence-electron chi connectivity index (χ4n) is 2.55. The molecule has 0 spiro atoms. The molecule has 1 heterocycles. The fourth-order valence-corrected chi connectivity index (χ4v) is 2.55. The van der Waals surface area contributed by atoms with Crippen LogP contribution in [-0.2, 0) is 6.42 Å². The molecule has 0 unspecified atom stereocenters. The maximum absolute atomic E-state index is 12.7. The molecule has 0 N–H and O–H groups in total. The molecule has 0 aliphatic heterocycles. The Morgan fingerprint density at radius 3 is 2.39 bits per heavy atom. The fraction of sp³-hybridized carbons (Fsp3) is 0.100. The average molecular weight is 300 g/mol. The Hall–Kier alpha value is -3.12. The Kier molecular flexibility index (Phi) is 4.07. The minimum absolute atomic E-state index is 0.0288. The predicted molar refractivity (Wildman–Crippen MR) is 89.7 cm³/mol. The van der Waals surface area contributed by atoms with Crippen LogP contribution in [0.5, 0.6) is 0 Å². The maximum atomic E-state index is 12.7. The van der Waals surface area contributed by atoms with Crippen molar-refractivity contribution in [2.45, 2.75) is 13.3 Å². The second-order valence-electron chi connectivity index (χ2n) is 5.46. The van der Waals surface area contributed by atoms with Crippen LogP contribution in [0.2, 0.25) is 0 Å². The zero-order chi connectivity index (χ0) is 16.2. The van der Waals surface area contributed by atoms with Crippen LogP contribution in [0.25, 0.3) is 5.69 Å². The number of benzene rings is 2. The number of nitriles is 1. The van der Waals surface area contributed by atoms with Crippen molar-refractivity contribution in [1.82, 2.24) is 4.57 Å². The number of hydrogen-bond acceptors (Lipinski definition) is 2. The maximum Gasteiger partial charge on any atom is 0.194 e. The van der Waals surface area contributed by atoms with Gasteiger partial charge in [-0.3, -0.25) is 4.79 Å². The number of ketones is 1. The molecular formula is C20H16N2O. The minimum atomic E-state index is -0.0288. The Labute approximate surface area is 135 Å². The first kappa shape index (κ1) is 14.8. The topological polar surface area (TPSA) is 45.8 Å². The lowest BCUT2D eigenvalue weighted by Gasteiger charge is -2.06. The van der Waals surface area contributed by atoms with Gasteiger partial charge in [-0.1, -0.05) is 48.0 Å². The van der Waals surface area contributed by atoms with Gasteiger partial charge in [-0.15, -0.1) is 0 Å². The number of nitrogens with zero attached hydrogens (tertiary/aromatic N) is 2. The van der Waals surface area contributed by atoms with Gasteiger partial charge in [0.25, 0.3) is 0 Å². The van der Waals surface area contributed by atoms with Crippen LogP contribution in [0.3, 0.4) is 0 Å². The molecule has 3 aromatic rings. The van der Waals surface area contributed by atoms with Gasteiger partial charge in [0.2, 0.25) is 0 Å². The van der Waals surface area contributed by atoms with Crippen LogP contribution in [0.1, 0.15) is 27.2 Å². The molecule has 0 amide bonds. The molecule has 0 radical (unpaired) electrons. The standard InChI is InChI=1S/C20H16N2O/c1-15-7-9-16(10-8-15)20(23)17-13-19(11-12-21)22(14-17)18-5-3-2-4-6-18/h2-10,13-14H,11H2,1H3. The monoisotopic (exact) mass is 300 g/mol. The predicted octanol–water partition coefficient (Wildman–Crippen LogP) is 4.08. The molecule has 3 rings (SSSR count). The number of aromatic nitrogens is 1. The summed E-state index contributed by atoms with van der Waals surface area (Å²) < 4.78 is 1.91. The van der Waals surface area contributed by atoms with Gasteiger partial charge in [0.05, 0.1) is 12.5 Å². The van der Waals surface area contributed by atoms with Crippen LogP contribution < -0.4 is 0 Å². The van der Waals surface area contributed by atoms with Gasteiger partial charge in [0.1, 0.15) is 0 Å². The van der Waals surface area contributed by atoms with E-state index < -0.39 is 0 Å². The minimum Gasteiger partial charge on any atom is -0.319 e. The van der Waals surface area contributed by atoms with Crippen LogP contribution in [0, 0.1) is 18.3 Å². The molecule has 0 aliphatic rings. The van der Waals surface area contributed by atoms with Crippen LogP contribution in [-0.4, -0.2) is 10.4 Å². The first-order valence-electron chi connectivity index (χ1n) is 7.44. The number of carbonyl (C=O) groups excluding carboxylic acids is 1. The van der Waals surface area contributed by atoms with Gasteiger partial charge >= 0.3 is 0 Å². The van der Waals surface area contributed by atoms with Gasteiger partial charge in [0.15, 0.2) is 5.78 Å². The van der Waals surface area contributed by atoms with E-state index >= 15 is 0 Å². The summed E-state index contributed by atoms with van der Waals surface area (Å²) in [6, 6.07) is 21.2. The van der Waals surface area contributed by atoms with Crippen LogP contribution in [0.15, 0.2) is 66.9 Å². The Morgan fingerprint density at radius 2 is 1.74 bits per heavy atom. The van der Waals surface area contributed by atoms with Crippen molar-refractivity contribution in [3.05, 3.63) is 89.2 Å². The van der Waals surface area contributed by atoms with Gasteiger partial charge in [0, 0.05) is 28.7 Å². The number of hydrogen-bond donors (Lipinski definition) is 0. The summed E-state index contributed by atoms with van der Waals surface area (Å²) >= 11 is 0. The number of rotatable bonds is 4. The molecular weight excluding hydrogens is 284 g/mol. The quantitative estimate of drug-likeness (QED) is 0.681. The van der Waals surface area contributed by atoms with E-state index in [1.54, 1.807) is 6.07 Å². The third kappa shape index (κ3) is 3.07. The Morgan fingerprint density at radius 1 is 1.04 bits per heavy atom. The summed E-state index contributed by atoms with van der Waals surface area (Å²) in [7, 11) is 0. The summed E-state index contributed by atoms with van der Waals surface area (Å²) in [4.78, 5) is 12.7. The lowest BCUT2D eigenvalue weighted by Crippen LogP contribution is -2.00. The first-order valence-corrected chi connectivity index (χ1v) is 7.44. The molecule has 1 aromatic heterocycles. The van der Waals surface area contributed by atoms with E-state index in [0.29, 0.717) is 11.1 Å². The van der Waals surface area contributed by atoms with Gasteiger partial charge in [-0.2, -0.15) is 5.26 Å². The van der Waals surface area contributed by atoms with Gasteiger partial charge in [-0.25, -0.2) is 0 Å². The van der Waals surface area contributed by atoms with Crippen molar-refractivity contribution < 1.29 is 4.79 Å². The van der Waals surface area contributed by atoms with E-state index in [9.17, 15) is 4.79 Å². The highest BCUT2D eigenvalue weighted by Crippen LogP contribution is 2.19. The summed E-state index contributed by atoms with van der Waals surface area (Å²) in [5.74, 6) is -0.0288. The van der Waals surface area contributed by atoms with Crippen molar-refractivity contribution in [1.29, 1.82) is 5.26 Å². The van der Waals surface area contributed by atoms with Gasteiger partial charge in [-0.05, 0) is 25.1 Å². The molecule has 2 aromatic carbocycles. The lowest BCUT2D eigenvalue weighted by atomic mass is 10.0. The number of para-hydroxylation sites is 1. The molecule has 0 saturated carbocycles. The lowest BCUT2D eigenvalue weighted by molar-refractivity contribution is 0.103. The molecule has 0 fully saturated rings. The Bertz CT molecular complexity index is 868. The van der Waals surface area contributed by atoms with E-state index in [4.69, 9.17) is 5.26 Å². The van der Waals surface area contributed by atoms with Crippen molar-refractivity contribution in [2.75, 3.05) is 0 Å². The van der Waals surface area contributed by atoms with Gasteiger partial charge < -0.3 is 4.57 Å². The highest BCUT2D eigenvalue weighted by atomic mass is 16.1. The third-order valence-electron chi connectivity index (χ3n) is 3.77. The molecule has 0 aliphatic carbocycles. The molecule has 3 nitrogen and oxygen atoms in total. The van der Waals surface area contributed by atoms with Crippen molar-refractivity contribution in [2.24, 2.45) is 0 Å². The zero-order valence-corrected chi connectivity index (χ0v) is 12.9. The molecule has 23 heavy (non-hydrogen) atoms. The molecule has 112 valence electrons. The van der Waals surface area contributed by atoms with Crippen LogP contribution in [0.4, 0.5) is 0 Å². The van der Waals surface area contributed by atoms with E-state index in [0.717, 1.165) is 16.9 Å². The molecule has 0 atom stereocenters. The number of carbonyl (C=O) groups is 1. The normalized spacial score (nSPS) is 10.3. The van der Waals surface area contributed by atoms with E-state index in [2.05, 4.69) is 6.07 Å². The van der Waals surface area contributed by atoms with Crippen LogP contribution >= 0.6 is 0 Å². The molecule has 0 bridgehead atoms. The largest absolute Gasteiger partial charge is 0.319 e. The summed E-state index contributed by atoms with van der Waals surface area (Å²) in [6.07, 6.45) is 2.07. The summed E-state index contributed by atoms with van der Waals surface area (Å²) in [5.41, 5.74) is 4.13. The Balaban J connectivity index is 2.02. The van der Waals surface area contributed by atoms with E-state index in [1.165, 1.54) is 0 Å². The number of aryl methyl sites for hydroxylation is 1. The summed E-state index contributed by atoms with van der Waals surface area (Å²) in [6.45, 7) is 1.99. The van der Waals surface area contributed by atoms with Crippen molar-refractivity contribution in [3.8, 4) is 11.8 Å². The zero-order valence-electron chi connectivity index (χ0n) is 12.9.